The molecule has 16 nitrogen and oxygen atoms in total. The summed E-state index contributed by atoms with van der Waals surface area (Å²) in [7, 11) is 2.23. The van der Waals surface area contributed by atoms with Crippen LogP contribution in [0.4, 0.5) is 17.1 Å². The van der Waals surface area contributed by atoms with E-state index >= 15 is 0 Å². The minimum absolute atomic E-state index is 0.0872. The molecule has 8 heterocycles. The van der Waals surface area contributed by atoms with Crippen molar-refractivity contribution >= 4 is 52.2 Å². The van der Waals surface area contributed by atoms with Crippen LogP contribution >= 0.6 is 0 Å². The van der Waals surface area contributed by atoms with Crippen molar-refractivity contribution in [1.29, 1.82) is 0 Å². The van der Waals surface area contributed by atoms with Gasteiger partial charge in [0.05, 0.1) is 17.6 Å². The van der Waals surface area contributed by atoms with Crippen LogP contribution in [0, 0.1) is 0 Å². The molecule has 1 saturated carbocycles. The highest BCUT2D eigenvalue weighted by Gasteiger charge is 2.42. The second kappa shape index (κ2) is 15.5. The Kier molecular flexibility index (Phi) is 9.74. The summed E-state index contributed by atoms with van der Waals surface area (Å²) < 4.78 is 1.60. The Morgan fingerprint density at radius 1 is 0.806 bits per heavy atom. The van der Waals surface area contributed by atoms with Gasteiger partial charge in [0, 0.05) is 99.1 Å². The molecule has 62 heavy (non-hydrogen) atoms. The summed E-state index contributed by atoms with van der Waals surface area (Å²) >= 11 is 0. The molecular formula is C46H53N11O5. The van der Waals surface area contributed by atoms with Crippen LogP contribution < -0.4 is 20.4 Å². The number of hydrogen-bond donors (Lipinski definition) is 2. The van der Waals surface area contributed by atoms with E-state index in [1.165, 1.54) is 19.5 Å². The highest BCUT2D eigenvalue weighted by molar-refractivity contribution is 6.10. The van der Waals surface area contributed by atoms with Gasteiger partial charge in [-0.1, -0.05) is 0 Å². The van der Waals surface area contributed by atoms with Crippen molar-refractivity contribution in [3.05, 3.63) is 82.8 Å². The first-order valence-corrected chi connectivity index (χ1v) is 22.5. The number of likely N-dealkylation sites (tertiary alicyclic amines) is 1. The fourth-order valence-corrected chi connectivity index (χ4v) is 11.1. The summed E-state index contributed by atoms with van der Waals surface area (Å²) in [5, 5.41) is 9.93. The Morgan fingerprint density at radius 2 is 1.56 bits per heavy atom. The number of likely N-dealkylation sites (N-methyl/N-ethyl adjacent to an activating group) is 1. The Morgan fingerprint density at radius 3 is 2.32 bits per heavy atom. The predicted octanol–water partition coefficient (Wildman–Crippen LogP) is 3.50. The zero-order valence-electron chi connectivity index (χ0n) is 35.2. The van der Waals surface area contributed by atoms with Crippen LogP contribution in [-0.4, -0.2) is 140 Å². The maximum Gasteiger partial charge on any atom is 0.261 e. The van der Waals surface area contributed by atoms with Gasteiger partial charge in [-0.3, -0.25) is 34.2 Å². The summed E-state index contributed by atoms with van der Waals surface area (Å²) in [5.74, 6) is -1.01. The lowest BCUT2D eigenvalue weighted by atomic mass is 9.88. The predicted molar refractivity (Wildman–Crippen MR) is 231 cm³/mol. The van der Waals surface area contributed by atoms with Gasteiger partial charge in [-0.2, -0.15) is 5.10 Å². The smallest absolute Gasteiger partial charge is 0.261 e. The quantitative estimate of drug-likeness (QED) is 0.238. The highest BCUT2D eigenvalue weighted by Crippen LogP contribution is 2.40. The Hall–Kier alpha value is -5.87. The maximum atomic E-state index is 14.3. The number of rotatable bonds is 9. The second-order valence-corrected chi connectivity index (χ2v) is 18.4. The lowest BCUT2D eigenvalue weighted by molar-refractivity contribution is -0.136. The van der Waals surface area contributed by atoms with Crippen LogP contribution in [0.2, 0.25) is 0 Å². The Labute approximate surface area is 360 Å². The molecular weight excluding hydrogens is 787 g/mol. The number of benzene rings is 2. The van der Waals surface area contributed by atoms with E-state index in [0.717, 1.165) is 98.5 Å². The number of piperidine rings is 2. The van der Waals surface area contributed by atoms with Crippen molar-refractivity contribution in [1.82, 2.24) is 39.5 Å². The molecule has 16 heteroatoms. The molecule has 7 aliphatic rings. The van der Waals surface area contributed by atoms with Gasteiger partial charge in [0.2, 0.25) is 11.8 Å². The first kappa shape index (κ1) is 39.0. The molecule has 5 fully saturated rings. The average Bonchev–Trinajstić information content (AvgIpc) is 3.92. The minimum Gasteiger partial charge on any atom is -0.370 e. The van der Waals surface area contributed by atoms with Crippen LogP contribution in [0.5, 0.6) is 0 Å². The number of anilines is 3. The number of hydrogen-bond acceptors (Lipinski definition) is 11. The first-order chi connectivity index (χ1) is 30.2. The maximum absolute atomic E-state index is 14.3. The Bertz CT molecular complexity index is 2480. The van der Waals surface area contributed by atoms with E-state index in [0.29, 0.717) is 54.4 Å². The largest absolute Gasteiger partial charge is 0.370 e. The topological polar surface area (TPSA) is 159 Å². The third-order valence-corrected chi connectivity index (χ3v) is 15.0. The Balaban J connectivity index is 0.726. The van der Waals surface area contributed by atoms with Crippen molar-refractivity contribution in [3.8, 4) is 0 Å². The van der Waals surface area contributed by atoms with Gasteiger partial charge in [0.15, 0.2) is 5.65 Å². The van der Waals surface area contributed by atoms with Gasteiger partial charge >= 0.3 is 0 Å². The van der Waals surface area contributed by atoms with E-state index in [1.54, 1.807) is 34.1 Å². The van der Waals surface area contributed by atoms with Gasteiger partial charge in [0.1, 0.15) is 11.6 Å². The van der Waals surface area contributed by atoms with Gasteiger partial charge in [-0.15, -0.1) is 0 Å². The summed E-state index contributed by atoms with van der Waals surface area (Å²) in [4.78, 5) is 83.4. The fraction of sp³-hybridized carbons (Fsp3) is 0.500. The van der Waals surface area contributed by atoms with Crippen molar-refractivity contribution in [2.75, 3.05) is 61.4 Å². The molecule has 1 aliphatic carbocycles. The normalized spacial score (nSPS) is 24.7. The SMILES string of the molecule is CN(C1CCC(N2Cc3cc(NC(=O)c4cnn5cccnc45)c(N4CCC(N5CCC5)CC4)cc3C2=O)CC1)C1CN(c2ccc3c(c2)CN(C2CCC(=O)NC2=O)C3=O)C1. The molecule has 2 aromatic carbocycles. The van der Waals surface area contributed by atoms with Crippen molar-refractivity contribution in [2.24, 2.45) is 0 Å². The number of amides is 5. The second-order valence-electron chi connectivity index (χ2n) is 18.4. The lowest BCUT2D eigenvalue weighted by Gasteiger charge is -2.49. The molecule has 4 aromatic rings. The average molecular weight is 840 g/mol. The standard InChI is InChI=1S/C46H53N11O5/c1-51(34-26-54(27-34)33-8-9-35-28(20-33)25-56(45(35)61)39-10-11-41(58)50-44(39)60)30-4-6-32(7-5-30)55-24-29-21-38(49-43(59)37-23-48-57-17-2-14-47-42(37)57)40(22-36(29)46(55)62)53-18-12-31(13-19-53)52-15-3-16-52/h2,8-9,14,17,20-23,30-32,34,39H,3-7,10-13,15-16,18-19,24-27H2,1H3,(H,49,59)(H,50,58,60). The van der Waals surface area contributed by atoms with Gasteiger partial charge in [0.25, 0.3) is 17.7 Å². The van der Waals surface area contributed by atoms with E-state index in [-0.39, 0.29) is 36.1 Å². The number of aromatic nitrogens is 3. The molecule has 5 amide bonds. The highest BCUT2D eigenvalue weighted by atomic mass is 16.2. The van der Waals surface area contributed by atoms with E-state index in [2.05, 4.69) is 58.3 Å². The molecule has 2 N–H and O–H groups in total. The number of carbonyl (C=O) groups is 5. The minimum atomic E-state index is -0.617. The third-order valence-electron chi connectivity index (χ3n) is 15.0. The summed E-state index contributed by atoms with van der Waals surface area (Å²) in [6, 6.07) is 12.8. The molecule has 11 rings (SSSR count). The van der Waals surface area contributed by atoms with Crippen LogP contribution in [0.1, 0.15) is 100.0 Å². The van der Waals surface area contributed by atoms with Crippen molar-refractivity contribution in [3.63, 3.8) is 0 Å². The van der Waals surface area contributed by atoms with Crippen molar-refractivity contribution in [2.45, 2.75) is 101 Å². The monoisotopic (exact) mass is 839 g/mol. The summed E-state index contributed by atoms with van der Waals surface area (Å²) in [6.07, 6.45) is 12.9. The molecule has 6 aliphatic heterocycles. The van der Waals surface area contributed by atoms with Crippen LogP contribution in [0.3, 0.4) is 0 Å². The first-order valence-electron chi connectivity index (χ1n) is 22.5. The number of fused-ring (bicyclic) bond motifs is 3. The van der Waals surface area contributed by atoms with Gasteiger partial charge < -0.3 is 29.8 Å². The molecule has 1 unspecified atom stereocenters. The fourth-order valence-electron chi connectivity index (χ4n) is 11.1. The van der Waals surface area contributed by atoms with E-state index in [9.17, 15) is 24.0 Å². The van der Waals surface area contributed by atoms with Crippen LogP contribution in [0.25, 0.3) is 5.65 Å². The number of imide groups is 1. The van der Waals surface area contributed by atoms with E-state index in [4.69, 9.17) is 0 Å². The van der Waals surface area contributed by atoms with E-state index < -0.39 is 11.9 Å². The van der Waals surface area contributed by atoms with Crippen LogP contribution in [-0.2, 0) is 22.7 Å². The summed E-state index contributed by atoms with van der Waals surface area (Å²) in [5.41, 5.74) is 6.87. The van der Waals surface area contributed by atoms with E-state index in [1.807, 2.05) is 24.3 Å². The molecule has 0 radical (unpaired) electrons. The molecule has 0 bridgehead atoms. The van der Waals surface area contributed by atoms with Gasteiger partial charge in [-0.05, 0) is 119 Å². The zero-order valence-corrected chi connectivity index (χ0v) is 35.2. The molecule has 322 valence electrons. The van der Waals surface area contributed by atoms with Crippen molar-refractivity contribution < 1.29 is 24.0 Å². The molecule has 4 saturated heterocycles. The molecule has 0 spiro atoms. The third kappa shape index (κ3) is 6.78. The number of nitrogens with one attached hydrogen (secondary N) is 2. The zero-order chi connectivity index (χ0) is 42.2. The van der Waals surface area contributed by atoms with Gasteiger partial charge in [-0.25, -0.2) is 9.50 Å². The molecule has 2 aromatic heterocycles. The number of nitrogens with zero attached hydrogens (tertiary/aromatic N) is 9. The lowest BCUT2D eigenvalue weighted by Crippen LogP contribution is -2.61. The summed E-state index contributed by atoms with van der Waals surface area (Å²) in [6.45, 7) is 6.79. The number of carbonyl (C=O) groups excluding carboxylic acids is 5. The molecule has 1 atom stereocenters. The van der Waals surface area contributed by atoms with Crippen LogP contribution in [0.15, 0.2) is 55.0 Å².